The zero-order valence-electron chi connectivity index (χ0n) is 10.3. The van der Waals surface area contributed by atoms with E-state index in [1.165, 1.54) is 0 Å². The smallest absolute Gasteiger partial charge is 0.241 e. The molecule has 1 amide bonds. The van der Waals surface area contributed by atoms with E-state index in [9.17, 15) is 4.79 Å². The molecule has 0 atom stereocenters. The number of nitrogens with one attached hydrogen (secondary N) is 1. The molecule has 0 aliphatic carbocycles. The van der Waals surface area contributed by atoms with Gasteiger partial charge in [-0.05, 0) is 12.5 Å². The van der Waals surface area contributed by atoms with Crippen molar-refractivity contribution in [3.8, 4) is 0 Å². The minimum atomic E-state index is 0.164. The van der Waals surface area contributed by atoms with Crippen LogP contribution in [0.3, 0.4) is 0 Å². The van der Waals surface area contributed by atoms with Gasteiger partial charge in [0.25, 0.3) is 0 Å². The molecule has 1 saturated heterocycles. The zero-order valence-corrected chi connectivity index (χ0v) is 10.3. The van der Waals surface area contributed by atoms with E-state index in [0.29, 0.717) is 6.54 Å². The SMILES string of the molecule is CNc1cncc(N2CCCN(C)C(=O)C2)c1. The first kappa shape index (κ1) is 11.7. The highest BCUT2D eigenvalue weighted by Gasteiger charge is 2.19. The molecule has 2 rings (SSSR count). The fourth-order valence-electron chi connectivity index (χ4n) is 1.94. The molecule has 1 aromatic rings. The molecule has 5 heteroatoms. The number of nitrogens with zero attached hydrogens (tertiary/aromatic N) is 3. The van der Waals surface area contributed by atoms with Crippen LogP contribution in [0.5, 0.6) is 0 Å². The third kappa shape index (κ3) is 2.67. The van der Waals surface area contributed by atoms with Crippen molar-refractivity contribution in [2.75, 3.05) is 43.9 Å². The Hall–Kier alpha value is -1.78. The van der Waals surface area contributed by atoms with Crippen LogP contribution in [0.1, 0.15) is 6.42 Å². The molecule has 17 heavy (non-hydrogen) atoms. The molecule has 1 aliphatic rings. The number of anilines is 2. The van der Waals surface area contributed by atoms with Gasteiger partial charge < -0.3 is 15.1 Å². The van der Waals surface area contributed by atoms with Gasteiger partial charge in [0.15, 0.2) is 0 Å². The van der Waals surface area contributed by atoms with E-state index in [1.807, 2.05) is 20.2 Å². The summed E-state index contributed by atoms with van der Waals surface area (Å²) in [6.07, 6.45) is 4.57. The summed E-state index contributed by atoms with van der Waals surface area (Å²) in [5.74, 6) is 0.164. The molecular weight excluding hydrogens is 216 g/mol. The van der Waals surface area contributed by atoms with Gasteiger partial charge in [0, 0.05) is 27.2 Å². The number of hydrogen-bond donors (Lipinski definition) is 1. The van der Waals surface area contributed by atoms with Crippen LogP contribution in [0.15, 0.2) is 18.5 Å². The van der Waals surface area contributed by atoms with Crippen LogP contribution >= 0.6 is 0 Å². The predicted molar refractivity (Wildman–Crippen MR) is 68.3 cm³/mol. The van der Waals surface area contributed by atoms with Crippen molar-refractivity contribution in [1.29, 1.82) is 0 Å². The Morgan fingerprint density at radius 2 is 2.18 bits per heavy atom. The Balaban J connectivity index is 2.17. The first-order valence-electron chi connectivity index (χ1n) is 5.82. The number of carbonyl (C=O) groups is 1. The number of aromatic nitrogens is 1. The highest BCUT2D eigenvalue weighted by atomic mass is 16.2. The summed E-state index contributed by atoms with van der Waals surface area (Å²) in [6.45, 7) is 2.16. The summed E-state index contributed by atoms with van der Waals surface area (Å²) in [4.78, 5) is 19.8. The maximum atomic E-state index is 11.8. The van der Waals surface area contributed by atoms with E-state index in [1.54, 1.807) is 17.3 Å². The number of amides is 1. The lowest BCUT2D eigenvalue weighted by Crippen LogP contribution is -2.34. The summed E-state index contributed by atoms with van der Waals surface area (Å²) in [6, 6.07) is 2.02. The first-order chi connectivity index (χ1) is 8.20. The average molecular weight is 234 g/mol. The topological polar surface area (TPSA) is 48.5 Å². The van der Waals surface area contributed by atoms with Gasteiger partial charge in [0.05, 0.1) is 30.3 Å². The molecule has 92 valence electrons. The Labute approximate surface area is 101 Å². The summed E-state index contributed by atoms with van der Waals surface area (Å²) >= 11 is 0. The second-order valence-corrected chi connectivity index (χ2v) is 4.27. The fraction of sp³-hybridized carbons (Fsp3) is 0.500. The highest BCUT2D eigenvalue weighted by Crippen LogP contribution is 2.19. The molecule has 0 spiro atoms. The predicted octanol–water partition coefficient (Wildman–Crippen LogP) is 0.792. The standard InChI is InChI=1S/C12H18N4O/c1-13-10-6-11(8-14-7-10)16-5-3-4-15(2)12(17)9-16/h6-8,13H,3-5,9H2,1-2H3. The molecule has 5 nitrogen and oxygen atoms in total. The lowest BCUT2D eigenvalue weighted by atomic mass is 10.3. The molecule has 1 N–H and O–H groups in total. The maximum Gasteiger partial charge on any atom is 0.241 e. The van der Waals surface area contributed by atoms with E-state index >= 15 is 0 Å². The molecule has 0 bridgehead atoms. The molecule has 0 unspecified atom stereocenters. The molecule has 2 heterocycles. The zero-order chi connectivity index (χ0) is 12.3. The number of pyridine rings is 1. The Morgan fingerprint density at radius 3 is 2.94 bits per heavy atom. The number of hydrogen-bond acceptors (Lipinski definition) is 4. The largest absolute Gasteiger partial charge is 0.387 e. The summed E-state index contributed by atoms with van der Waals surface area (Å²) in [5, 5.41) is 3.06. The summed E-state index contributed by atoms with van der Waals surface area (Å²) < 4.78 is 0. The van der Waals surface area contributed by atoms with Crippen molar-refractivity contribution < 1.29 is 4.79 Å². The van der Waals surface area contributed by atoms with Gasteiger partial charge in [0.2, 0.25) is 5.91 Å². The van der Waals surface area contributed by atoms with Crippen molar-refractivity contribution >= 4 is 17.3 Å². The van der Waals surface area contributed by atoms with Crippen molar-refractivity contribution in [2.24, 2.45) is 0 Å². The first-order valence-corrected chi connectivity index (χ1v) is 5.82. The maximum absolute atomic E-state index is 11.8. The molecule has 0 saturated carbocycles. The van der Waals surface area contributed by atoms with E-state index in [4.69, 9.17) is 0 Å². The second kappa shape index (κ2) is 5.03. The van der Waals surface area contributed by atoms with Crippen molar-refractivity contribution in [3.05, 3.63) is 18.5 Å². The number of rotatable bonds is 2. The molecule has 1 fully saturated rings. The fourth-order valence-corrected chi connectivity index (χ4v) is 1.94. The lowest BCUT2D eigenvalue weighted by Gasteiger charge is -2.21. The van der Waals surface area contributed by atoms with Crippen molar-refractivity contribution in [1.82, 2.24) is 9.88 Å². The van der Waals surface area contributed by atoms with Crippen molar-refractivity contribution in [3.63, 3.8) is 0 Å². The van der Waals surface area contributed by atoms with E-state index < -0.39 is 0 Å². The van der Waals surface area contributed by atoms with Crippen LogP contribution in [-0.2, 0) is 4.79 Å². The van der Waals surface area contributed by atoms with Crippen LogP contribution in [-0.4, -0.2) is 49.5 Å². The summed E-state index contributed by atoms with van der Waals surface area (Å²) in [5.41, 5.74) is 1.97. The molecule has 0 aromatic carbocycles. The minimum absolute atomic E-state index is 0.164. The van der Waals surface area contributed by atoms with E-state index in [0.717, 1.165) is 30.9 Å². The molecule has 0 radical (unpaired) electrons. The third-order valence-corrected chi connectivity index (χ3v) is 3.05. The van der Waals surface area contributed by atoms with E-state index in [-0.39, 0.29) is 5.91 Å². The molecule has 1 aromatic heterocycles. The lowest BCUT2D eigenvalue weighted by molar-refractivity contribution is -0.127. The normalized spacial score (nSPS) is 16.9. The quantitative estimate of drug-likeness (QED) is 0.822. The average Bonchev–Trinajstić information content (AvgIpc) is 2.52. The minimum Gasteiger partial charge on any atom is -0.387 e. The molecular formula is C12H18N4O. The Morgan fingerprint density at radius 1 is 1.35 bits per heavy atom. The van der Waals surface area contributed by atoms with Gasteiger partial charge in [-0.1, -0.05) is 0 Å². The molecule has 1 aliphatic heterocycles. The Bertz CT molecular complexity index is 407. The van der Waals surface area contributed by atoms with Gasteiger partial charge in [-0.25, -0.2) is 0 Å². The second-order valence-electron chi connectivity index (χ2n) is 4.27. The van der Waals surface area contributed by atoms with Crippen molar-refractivity contribution in [2.45, 2.75) is 6.42 Å². The Kier molecular flexibility index (Phi) is 3.46. The van der Waals surface area contributed by atoms with Crippen LogP contribution in [0.2, 0.25) is 0 Å². The van der Waals surface area contributed by atoms with Crippen LogP contribution in [0.4, 0.5) is 11.4 Å². The monoisotopic (exact) mass is 234 g/mol. The number of carbonyl (C=O) groups excluding carboxylic acids is 1. The van der Waals surface area contributed by atoms with Crippen LogP contribution < -0.4 is 10.2 Å². The summed E-state index contributed by atoms with van der Waals surface area (Å²) in [7, 11) is 3.72. The third-order valence-electron chi connectivity index (χ3n) is 3.05. The van der Waals surface area contributed by atoms with Gasteiger partial charge in [0.1, 0.15) is 0 Å². The number of likely N-dealkylation sites (N-methyl/N-ethyl adjacent to an activating group) is 1. The van der Waals surface area contributed by atoms with Crippen LogP contribution in [0, 0.1) is 0 Å². The highest BCUT2D eigenvalue weighted by molar-refractivity contribution is 5.81. The van der Waals surface area contributed by atoms with Gasteiger partial charge in [-0.3, -0.25) is 9.78 Å². The van der Waals surface area contributed by atoms with Gasteiger partial charge in [-0.2, -0.15) is 0 Å². The van der Waals surface area contributed by atoms with Gasteiger partial charge >= 0.3 is 0 Å². The van der Waals surface area contributed by atoms with Gasteiger partial charge in [-0.15, -0.1) is 0 Å². The van der Waals surface area contributed by atoms with E-state index in [2.05, 4.69) is 15.2 Å². The van der Waals surface area contributed by atoms with Crippen LogP contribution in [0.25, 0.3) is 0 Å².